The molecule has 1 aliphatic carbocycles. The molecular weight excluding hydrogens is 188 g/mol. The summed E-state index contributed by atoms with van der Waals surface area (Å²) in [7, 11) is 0. The van der Waals surface area contributed by atoms with Gasteiger partial charge in [-0.05, 0) is 30.5 Å². The molecule has 0 aliphatic heterocycles. The molecule has 0 aromatic heterocycles. The highest BCUT2D eigenvalue weighted by molar-refractivity contribution is 5.74. The number of anilines is 1. The van der Waals surface area contributed by atoms with E-state index >= 15 is 0 Å². The van der Waals surface area contributed by atoms with Gasteiger partial charge in [0.05, 0.1) is 0 Å². The second kappa shape index (κ2) is 3.93. The fourth-order valence-corrected chi connectivity index (χ4v) is 1.77. The molecule has 0 atom stereocenters. The Bertz CT molecular complexity index is 372. The summed E-state index contributed by atoms with van der Waals surface area (Å²) in [6.45, 7) is 2.32. The van der Waals surface area contributed by atoms with Crippen molar-refractivity contribution in [3.63, 3.8) is 0 Å². The molecule has 0 spiro atoms. The van der Waals surface area contributed by atoms with Gasteiger partial charge in [-0.15, -0.1) is 0 Å². The van der Waals surface area contributed by atoms with E-state index in [9.17, 15) is 4.79 Å². The van der Waals surface area contributed by atoms with Gasteiger partial charge in [0.1, 0.15) is 0 Å². The lowest BCUT2D eigenvalue weighted by Gasteiger charge is -2.20. The maximum Gasteiger partial charge on any atom is 0.219 e. The van der Waals surface area contributed by atoms with Gasteiger partial charge in [0, 0.05) is 25.2 Å². The second-order valence-corrected chi connectivity index (χ2v) is 4.12. The SMILES string of the molecule is CC(=O)N(Cc1cccc(N)c1)C1CC1. The van der Waals surface area contributed by atoms with Gasteiger partial charge in [-0.1, -0.05) is 12.1 Å². The number of hydrogen-bond acceptors (Lipinski definition) is 2. The Morgan fingerprint density at radius 3 is 2.80 bits per heavy atom. The minimum atomic E-state index is 0.153. The highest BCUT2D eigenvalue weighted by atomic mass is 16.2. The quantitative estimate of drug-likeness (QED) is 0.763. The lowest BCUT2D eigenvalue weighted by Crippen LogP contribution is -2.30. The van der Waals surface area contributed by atoms with E-state index in [1.165, 1.54) is 0 Å². The molecule has 3 nitrogen and oxygen atoms in total. The van der Waals surface area contributed by atoms with Crippen LogP contribution in [0.4, 0.5) is 5.69 Å². The maximum absolute atomic E-state index is 11.4. The third-order valence-corrected chi connectivity index (χ3v) is 2.70. The zero-order valence-electron chi connectivity index (χ0n) is 8.94. The van der Waals surface area contributed by atoms with Crippen LogP contribution in [0.15, 0.2) is 24.3 Å². The highest BCUT2D eigenvalue weighted by Gasteiger charge is 2.30. The molecule has 2 rings (SSSR count). The summed E-state index contributed by atoms with van der Waals surface area (Å²) in [6.07, 6.45) is 2.28. The van der Waals surface area contributed by atoms with Crippen LogP contribution in [-0.2, 0) is 11.3 Å². The first-order valence-electron chi connectivity index (χ1n) is 5.28. The van der Waals surface area contributed by atoms with Gasteiger partial charge in [-0.25, -0.2) is 0 Å². The highest BCUT2D eigenvalue weighted by Crippen LogP contribution is 2.28. The molecule has 0 unspecified atom stereocenters. The summed E-state index contributed by atoms with van der Waals surface area (Å²) in [4.78, 5) is 13.3. The van der Waals surface area contributed by atoms with Crippen LogP contribution in [0.2, 0.25) is 0 Å². The van der Waals surface area contributed by atoms with Gasteiger partial charge >= 0.3 is 0 Å². The van der Waals surface area contributed by atoms with Crippen molar-refractivity contribution in [3.8, 4) is 0 Å². The van der Waals surface area contributed by atoms with Crippen LogP contribution in [0.3, 0.4) is 0 Å². The smallest absolute Gasteiger partial charge is 0.219 e. The predicted molar refractivity (Wildman–Crippen MR) is 60.1 cm³/mol. The molecule has 1 aromatic carbocycles. The summed E-state index contributed by atoms with van der Waals surface area (Å²) < 4.78 is 0. The van der Waals surface area contributed by atoms with Crippen molar-refractivity contribution in [1.82, 2.24) is 4.90 Å². The fourth-order valence-electron chi connectivity index (χ4n) is 1.77. The lowest BCUT2D eigenvalue weighted by atomic mass is 10.2. The van der Waals surface area contributed by atoms with Gasteiger partial charge in [-0.3, -0.25) is 4.79 Å². The Morgan fingerprint density at radius 2 is 2.27 bits per heavy atom. The summed E-state index contributed by atoms with van der Waals surface area (Å²) in [5.41, 5.74) is 7.56. The molecule has 1 aromatic rings. The van der Waals surface area contributed by atoms with E-state index in [-0.39, 0.29) is 5.91 Å². The Hall–Kier alpha value is -1.51. The van der Waals surface area contributed by atoms with E-state index in [2.05, 4.69) is 0 Å². The summed E-state index contributed by atoms with van der Waals surface area (Å²) in [6, 6.07) is 8.19. The van der Waals surface area contributed by atoms with Gasteiger partial charge in [0.25, 0.3) is 0 Å². The number of rotatable bonds is 3. The first-order valence-corrected chi connectivity index (χ1v) is 5.28. The van der Waals surface area contributed by atoms with Gasteiger partial charge in [0.15, 0.2) is 0 Å². The molecule has 0 bridgehead atoms. The zero-order chi connectivity index (χ0) is 10.8. The number of nitrogen functional groups attached to an aromatic ring is 1. The first kappa shape index (κ1) is 10.0. The van der Waals surface area contributed by atoms with Gasteiger partial charge < -0.3 is 10.6 Å². The third-order valence-electron chi connectivity index (χ3n) is 2.70. The normalized spacial score (nSPS) is 15.0. The average molecular weight is 204 g/mol. The number of amides is 1. The molecular formula is C12H16N2O. The molecule has 0 heterocycles. The Labute approximate surface area is 89.9 Å². The molecule has 1 fully saturated rings. The largest absolute Gasteiger partial charge is 0.399 e. The molecule has 0 saturated heterocycles. The molecule has 1 aliphatic rings. The molecule has 1 amide bonds. The van der Waals surface area contributed by atoms with Crippen molar-refractivity contribution in [2.24, 2.45) is 0 Å². The maximum atomic E-state index is 11.4. The summed E-state index contributed by atoms with van der Waals surface area (Å²) in [5, 5.41) is 0. The Morgan fingerprint density at radius 1 is 1.53 bits per heavy atom. The van der Waals surface area contributed by atoms with Crippen LogP contribution >= 0.6 is 0 Å². The molecule has 15 heavy (non-hydrogen) atoms. The van der Waals surface area contributed by atoms with E-state index in [4.69, 9.17) is 5.73 Å². The van der Waals surface area contributed by atoms with E-state index in [0.717, 1.165) is 24.1 Å². The number of nitrogens with zero attached hydrogens (tertiary/aromatic N) is 1. The lowest BCUT2D eigenvalue weighted by molar-refractivity contribution is -0.130. The van der Waals surface area contributed by atoms with Gasteiger partial charge in [-0.2, -0.15) is 0 Å². The van der Waals surface area contributed by atoms with Crippen molar-refractivity contribution in [1.29, 1.82) is 0 Å². The van der Waals surface area contributed by atoms with E-state index in [0.29, 0.717) is 12.6 Å². The summed E-state index contributed by atoms with van der Waals surface area (Å²) in [5.74, 6) is 0.153. The van der Waals surface area contributed by atoms with E-state index in [1.54, 1.807) is 6.92 Å². The zero-order valence-corrected chi connectivity index (χ0v) is 8.94. The van der Waals surface area contributed by atoms with Crippen LogP contribution in [0.25, 0.3) is 0 Å². The fraction of sp³-hybridized carbons (Fsp3) is 0.417. The van der Waals surface area contributed by atoms with Crippen LogP contribution < -0.4 is 5.73 Å². The van der Waals surface area contributed by atoms with Crippen molar-refractivity contribution in [2.75, 3.05) is 5.73 Å². The van der Waals surface area contributed by atoms with Crippen molar-refractivity contribution in [3.05, 3.63) is 29.8 Å². The molecule has 0 radical (unpaired) electrons. The van der Waals surface area contributed by atoms with Crippen molar-refractivity contribution >= 4 is 11.6 Å². The number of carbonyl (C=O) groups is 1. The third kappa shape index (κ3) is 2.49. The topological polar surface area (TPSA) is 46.3 Å². The van der Waals surface area contributed by atoms with Crippen LogP contribution in [0.5, 0.6) is 0 Å². The molecule has 1 saturated carbocycles. The Balaban J connectivity index is 2.08. The molecule has 2 N–H and O–H groups in total. The van der Waals surface area contributed by atoms with Crippen molar-refractivity contribution < 1.29 is 4.79 Å². The number of benzene rings is 1. The van der Waals surface area contributed by atoms with E-state index in [1.807, 2.05) is 29.2 Å². The van der Waals surface area contributed by atoms with Gasteiger partial charge in [0.2, 0.25) is 5.91 Å². The molecule has 3 heteroatoms. The number of carbonyl (C=O) groups excluding carboxylic acids is 1. The number of hydrogen-bond donors (Lipinski definition) is 1. The second-order valence-electron chi connectivity index (χ2n) is 4.12. The predicted octanol–water partition coefficient (Wildman–Crippen LogP) is 1.78. The minimum absolute atomic E-state index is 0.153. The standard InChI is InChI=1S/C12H16N2O/c1-9(15)14(12-5-6-12)8-10-3-2-4-11(13)7-10/h2-4,7,12H,5-6,8,13H2,1H3. The Kier molecular flexibility index (Phi) is 2.62. The average Bonchev–Trinajstić information content (AvgIpc) is 2.97. The van der Waals surface area contributed by atoms with Crippen LogP contribution in [0, 0.1) is 0 Å². The first-order chi connectivity index (χ1) is 7.16. The van der Waals surface area contributed by atoms with Crippen molar-refractivity contribution in [2.45, 2.75) is 32.4 Å². The van der Waals surface area contributed by atoms with Crippen LogP contribution in [-0.4, -0.2) is 16.8 Å². The minimum Gasteiger partial charge on any atom is -0.399 e. The molecule has 80 valence electrons. The monoisotopic (exact) mass is 204 g/mol. The summed E-state index contributed by atoms with van der Waals surface area (Å²) >= 11 is 0. The van der Waals surface area contributed by atoms with E-state index < -0.39 is 0 Å². The number of nitrogens with two attached hydrogens (primary N) is 1. The van der Waals surface area contributed by atoms with Crippen LogP contribution in [0.1, 0.15) is 25.3 Å².